The van der Waals surface area contributed by atoms with Gasteiger partial charge in [0.15, 0.2) is 17.3 Å². The van der Waals surface area contributed by atoms with Gasteiger partial charge in [-0.3, -0.25) is 19.6 Å². The fourth-order valence-electron chi connectivity index (χ4n) is 3.59. The molecule has 0 saturated heterocycles. The Morgan fingerprint density at radius 3 is 2.44 bits per heavy atom. The summed E-state index contributed by atoms with van der Waals surface area (Å²) in [5.41, 5.74) is 1.34. The predicted octanol–water partition coefficient (Wildman–Crippen LogP) is 5.75. The number of ketones is 1. The number of rotatable bonds is 8. The van der Waals surface area contributed by atoms with E-state index in [0.29, 0.717) is 11.6 Å². The van der Waals surface area contributed by atoms with Crippen molar-refractivity contribution in [2.45, 2.75) is 32.5 Å². The highest BCUT2D eigenvalue weighted by Crippen LogP contribution is 2.47. The molecule has 36 heavy (non-hydrogen) atoms. The van der Waals surface area contributed by atoms with E-state index >= 15 is 0 Å². The molecule has 188 valence electrons. The molecule has 0 aliphatic heterocycles. The van der Waals surface area contributed by atoms with Crippen molar-refractivity contribution in [3.8, 4) is 23.0 Å². The van der Waals surface area contributed by atoms with E-state index in [1.54, 1.807) is 6.07 Å². The van der Waals surface area contributed by atoms with Crippen LogP contribution in [0.15, 0.2) is 48.8 Å². The standard InChI is InChI=1S/C25H22F3N3O5/c1-13-8-17(13)20-11-22(35-21-5-4-16(10-23(21)34-3)36-25(26,27)28)18(12-30-20)24(33)31-15-6-7-29-19(9-15)14(2)32/h4-7,9-13,17H,8H2,1-3H3,(H,29,31,33)/t13-,17?/m0/s1. The lowest BCUT2D eigenvalue weighted by atomic mass is 10.1. The number of nitrogens with one attached hydrogen (secondary N) is 1. The van der Waals surface area contributed by atoms with Crippen molar-refractivity contribution in [1.29, 1.82) is 0 Å². The molecule has 4 rings (SSSR count). The normalized spacial score (nSPS) is 16.7. The van der Waals surface area contributed by atoms with Crippen molar-refractivity contribution in [1.82, 2.24) is 9.97 Å². The monoisotopic (exact) mass is 501 g/mol. The number of hydrogen-bond acceptors (Lipinski definition) is 7. The number of pyridine rings is 2. The van der Waals surface area contributed by atoms with Crippen LogP contribution in [0.4, 0.5) is 18.9 Å². The Morgan fingerprint density at radius 2 is 1.81 bits per heavy atom. The van der Waals surface area contributed by atoms with Gasteiger partial charge < -0.3 is 19.5 Å². The first-order valence-corrected chi connectivity index (χ1v) is 10.9. The van der Waals surface area contributed by atoms with E-state index in [0.717, 1.165) is 24.2 Å². The first-order valence-electron chi connectivity index (χ1n) is 10.9. The third-order valence-corrected chi connectivity index (χ3v) is 5.59. The molecular weight excluding hydrogens is 479 g/mol. The van der Waals surface area contributed by atoms with Crippen LogP contribution >= 0.6 is 0 Å². The number of methoxy groups -OCH3 is 1. The van der Waals surface area contributed by atoms with Gasteiger partial charge in [-0.1, -0.05) is 6.92 Å². The van der Waals surface area contributed by atoms with Gasteiger partial charge in [0, 0.05) is 48.7 Å². The molecule has 3 aromatic rings. The van der Waals surface area contributed by atoms with Crippen molar-refractivity contribution >= 4 is 17.4 Å². The zero-order chi connectivity index (χ0) is 26.0. The highest BCUT2D eigenvalue weighted by atomic mass is 19.4. The van der Waals surface area contributed by atoms with Gasteiger partial charge in [-0.15, -0.1) is 13.2 Å². The number of carbonyl (C=O) groups excluding carboxylic acids is 2. The first kappa shape index (κ1) is 25.0. The lowest BCUT2D eigenvalue weighted by Crippen LogP contribution is -2.17. The zero-order valence-electron chi connectivity index (χ0n) is 19.6. The Bertz CT molecular complexity index is 1310. The van der Waals surface area contributed by atoms with Crippen LogP contribution in [0.3, 0.4) is 0 Å². The summed E-state index contributed by atoms with van der Waals surface area (Å²) in [6, 6.07) is 7.97. The SMILES string of the molecule is COc1cc(OC(F)(F)F)ccc1Oc1cc(C2C[C@@H]2C)ncc1C(=O)Nc1ccnc(C(C)=O)c1. The summed E-state index contributed by atoms with van der Waals surface area (Å²) in [5.74, 6) is -0.473. The lowest BCUT2D eigenvalue weighted by molar-refractivity contribution is -0.274. The van der Waals surface area contributed by atoms with Gasteiger partial charge in [-0.2, -0.15) is 0 Å². The summed E-state index contributed by atoms with van der Waals surface area (Å²) >= 11 is 0. The van der Waals surface area contributed by atoms with Crippen LogP contribution in [0.25, 0.3) is 0 Å². The molecule has 1 N–H and O–H groups in total. The summed E-state index contributed by atoms with van der Waals surface area (Å²) in [6.07, 6.45) is -1.15. The number of benzene rings is 1. The number of amides is 1. The fraction of sp³-hybridized carbons (Fsp3) is 0.280. The number of carbonyl (C=O) groups is 2. The second-order valence-electron chi connectivity index (χ2n) is 8.33. The van der Waals surface area contributed by atoms with Crippen molar-refractivity contribution in [3.63, 3.8) is 0 Å². The third-order valence-electron chi connectivity index (χ3n) is 5.59. The summed E-state index contributed by atoms with van der Waals surface area (Å²) in [6.45, 7) is 3.44. The molecule has 1 fully saturated rings. The molecule has 0 bridgehead atoms. The maximum Gasteiger partial charge on any atom is 0.573 e. The minimum Gasteiger partial charge on any atom is -0.493 e. The Hall–Kier alpha value is -4.15. The lowest BCUT2D eigenvalue weighted by Gasteiger charge is -2.16. The quantitative estimate of drug-likeness (QED) is 0.392. The molecular formula is C25H22F3N3O5. The molecule has 1 aromatic carbocycles. The Morgan fingerprint density at radius 1 is 1.06 bits per heavy atom. The molecule has 0 spiro atoms. The average Bonchev–Trinajstić information content (AvgIpc) is 3.55. The largest absolute Gasteiger partial charge is 0.573 e. The van der Waals surface area contributed by atoms with Crippen LogP contribution in [0, 0.1) is 5.92 Å². The van der Waals surface area contributed by atoms with E-state index in [1.165, 1.54) is 44.6 Å². The highest BCUT2D eigenvalue weighted by molar-refractivity contribution is 6.06. The van der Waals surface area contributed by atoms with E-state index in [2.05, 4.69) is 26.9 Å². The number of alkyl halides is 3. The second-order valence-corrected chi connectivity index (χ2v) is 8.33. The molecule has 2 atom stereocenters. The van der Waals surface area contributed by atoms with Crippen LogP contribution in [-0.4, -0.2) is 35.1 Å². The number of Topliss-reactive ketones (excluding diaryl/α,β-unsaturated/α-hetero) is 1. The van der Waals surface area contributed by atoms with E-state index in [1.807, 2.05) is 0 Å². The second kappa shape index (κ2) is 9.84. The molecule has 8 nitrogen and oxygen atoms in total. The van der Waals surface area contributed by atoms with Gasteiger partial charge in [-0.25, -0.2) is 0 Å². The molecule has 0 radical (unpaired) electrons. The Labute approximate surface area is 204 Å². The average molecular weight is 501 g/mol. The smallest absolute Gasteiger partial charge is 0.493 e. The van der Waals surface area contributed by atoms with Crippen molar-refractivity contribution < 1.29 is 37.0 Å². The van der Waals surface area contributed by atoms with Gasteiger partial charge in [0.05, 0.1) is 7.11 Å². The molecule has 11 heteroatoms. The number of hydrogen-bond donors (Lipinski definition) is 1. The molecule has 1 aliphatic carbocycles. The van der Waals surface area contributed by atoms with E-state index in [-0.39, 0.29) is 40.2 Å². The topological polar surface area (TPSA) is 99.6 Å². The fourth-order valence-corrected chi connectivity index (χ4v) is 3.59. The molecule has 1 saturated carbocycles. The van der Waals surface area contributed by atoms with E-state index in [9.17, 15) is 22.8 Å². The van der Waals surface area contributed by atoms with E-state index in [4.69, 9.17) is 9.47 Å². The molecule has 1 aliphatic rings. The summed E-state index contributed by atoms with van der Waals surface area (Å²) in [4.78, 5) is 33.1. The summed E-state index contributed by atoms with van der Waals surface area (Å²) < 4.78 is 52.9. The van der Waals surface area contributed by atoms with Crippen LogP contribution in [0.1, 0.15) is 52.7 Å². The number of ether oxygens (including phenoxy) is 3. The number of aromatic nitrogens is 2. The maximum absolute atomic E-state index is 13.1. The van der Waals surface area contributed by atoms with Gasteiger partial charge in [0.2, 0.25) is 0 Å². The van der Waals surface area contributed by atoms with Crippen molar-refractivity contribution in [2.24, 2.45) is 5.92 Å². The maximum atomic E-state index is 13.1. The Kier molecular flexibility index (Phi) is 6.82. The van der Waals surface area contributed by atoms with Crippen LogP contribution in [-0.2, 0) is 0 Å². The van der Waals surface area contributed by atoms with Gasteiger partial charge in [0.25, 0.3) is 5.91 Å². The van der Waals surface area contributed by atoms with Crippen LogP contribution in [0.2, 0.25) is 0 Å². The number of anilines is 1. The van der Waals surface area contributed by atoms with Crippen molar-refractivity contribution in [2.75, 3.05) is 12.4 Å². The minimum absolute atomic E-state index is 0.0264. The zero-order valence-corrected chi connectivity index (χ0v) is 19.6. The Balaban J connectivity index is 1.66. The number of nitrogens with zero attached hydrogens (tertiary/aromatic N) is 2. The third kappa shape index (κ3) is 5.91. The predicted molar refractivity (Wildman–Crippen MR) is 123 cm³/mol. The van der Waals surface area contributed by atoms with E-state index < -0.39 is 18.0 Å². The highest BCUT2D eigenvalue weighted by Gasteiger charge is 2.36. The van der Waals surface area contributed by atoms with Crippen LogP contribution in [0.5, 0.6) is 23.0 Å². The summed E-state index contributed by atoms with van der Waals surface area (Å²) in [7, 11) is 1.27. The summed E-state index contributed by atoms with van der Waals surface area (Å²) in [5, 5.41) is 2.69. The van der Waals surface area contributed by atoms with Gasteiger partial charge in [0.1, 0.15) is 22.8 Å². The van der Waals surface area contributed by atoms with Crippen molar-refractivity contribution in [3.05, 3.63) is 65.7 Å². The molecule has 1 unspecified atom stereocenters. The first-order chi connectivity index (χ1) is 17.0. The molecule has 2 heterocycles. The van der Waals surface area contributed by atoms with Gasteiger partial charge in [-0.05, 0) is 36.6 Å². The molecule has 2 aromatic heterocycles. The minimum atomic E-state index is -4.87. The number of halogens is 3. The van der Waals surface area contributed by atoms with Crippen LogP contribution < -0.4 is 19.5 Å². The van der Waals surface area contributed by atoms with Gasteiger partial charge >= 0.3 is 6.36 Å². The molecule has 1 amide bonds.